The highest BCUT2D eigenvalue weighted by atomic mass is 16.5. The zero-order valence-corrected chi connectivity index (χ0v) is 18.0. The number of likely N-dealkylation sites (tertiary alicyclic amines) is 1. The number of nitrogens with zero attached hydrogens (tertiary/aromatic N) is 1. The maximum absolute atomic E-state index is 12.1. The Labute approximate surface area is 166 Å². The summed E-state index contributed by atoms with van der Waals surface area (Å²) in [6, 6.07) is 0.553. The Bertz CT molecular complexity index is 434. The van der Waals surface area contributed by atoms with Crippen molar-refractivity contribution in [2.75, 3.05) is 46.6 Å². The number of ketones is 1. The number of nitrogens with one attached hydrogen (secondary N) is 1. The molecule has 0 aromatic heterocycles. The summed E-state index contributed by atoms with van der Waals surface area (Å²) in [5.41, 5.74) is 0. The normalized spacial score (nSPS) is 23.3. The van der Waals surface area contributed by atoms with E-state index in [0.717, 1.165) is 38.8 Å². The minimum Gasteiger partial charge on any atom is -0.382 e. The van der Waals surface area contributed by atoms with Crippen LogP contribution in [-0.4, -0.2) is 69.2 Å². The summed E-state index contributed by atoms with van der Waals surface area (Å²) in [4.78, 5) is 26.6. The molecule has 0 bridgehead atoms. The third-order valence-corrected chi connectivity index (χ3v) is 5.44. The second-order valence-corrected chi connectivity index (χ2v) is 7.61. The Morgan fingerprint density at radius 2 is 1.67 bits per heavy atom. The van der Waals surface area contributed by atoms with E-state index in [9.17, 15) is 9.59 Å². The topological polar surface area (TPSA) is 67.9 Å². The summed E-state index contributed by atoms with van der Waals surface area (Å²) in [6.07, 6.45) is 4.19. The first-order valence-electron chi connectivity index (χ1n) is 10.6. The molecule has 2 aliphatic rings. The number of Topliss-reactive ketones (excluding diaryl/α,β-unsaturated/α-hetero) is 1. The van der Waals surface area contributed by atoms with Gasteiger partial charge < -0.3 is 14.8 Å². The average molecular weight is 387 g/mol. The molecule has 1 N–H and O–H groups in total. The Kier molecular flexibility index (Phi) is 11.8. The van der Waals surface area contributed by atoms with Crippen LogP contribution < -0.4 is 5.32 Å². The zero-order chi connectivity index (χ0) is 20.2. The van der Waals surface area contributed by atoms with E-state index in [1.165, 1.54) is 0 Å². The van der Waals surface area contributed by atoms with Gasteiger partial charge in [0.25, 0.3) is 0 Å². The lowest BCUT2D eigenvalue weighted by Gasteiger charge is -2.45. The minimum absolute atomic E-state index is 0. The summed E-state index contributed by atoms with van der Waals surface area (Å²) >= 11 is 0. The minimum atomic E-state index is 0. The number of amides is 1. The molecule has 0 aromatic rings. The van der Waals surface area contributed by atoms with E-state index in [-0.39, 0.29) is 25.1 Å². The number of methoxy groups -OCH3 is 1. The summed E-state index contributed by atoms with van der Waals surface area (Å²) in [7, 11) is 1.64. The van der Waals surface area contributed by atoms with E-state index in [2.05, 4.69) is 10.2 Å². The van der Waals surface area contributed by atoms with Gasteiger partial charge in [-0.25, -0.2) is 0 Å². The van der Waals surface area contributed by atoms with Gasteiger partial charge in [-0.1, -0.05) is 27.7 Å². The molecule has 2 fully saturated rings. The maximum Gasteiger partial charge on any atom is 0.225 e. The predicted molar refractivity (Wildman–Crippen MR) is 110 cm³/mol. The van der Waals surface area contributed by atoms with Gasteiger partial charge >= 0.3 is 0 Å². The van der Waals surface area contributed by atoms with Gasteiger partial charge in [0.05, 0.1) is 25.7 Å². The van der Waals surface area contributed by atoms with Crippen LogP contribution in [-0.2, 0) is 19.1 Å². The van der Waals surface area contributed by atoms with Gasteiger partial charge in [0.1, 0.15) is 5.78 Å². The molecule has 0 atom stereocenters. The lowest BCUT2D eigenvalue weighted by molar-refractivity contribution is -0.132. The molecule has 2 rings (SSSR count). The van der Waals surface area contributed by atoms with Gasteiger partial charge in [-0.2, -0.15) is 0 Å². The van der Waals surface area contributed by atoms with Crippen molar-refractivity contribution in [3.63, 3.8) is 0 Å². The molecule has 1 amide bonds. The van der Waals surface area contributed by atoms with Gasteiger partial charge in [-0.05, 0) is 25.7 Å². The first-order chi connectivity index (χ1) is 13.0. The van der Waals surface area contributed by atoms with E-state index in [1.54, 1.807) is 7.11 Å². The maximum atomic E-state index is 12.1. The van der Waals surface area contributed by atoms with E-state index >= 15 is 0 Å². The first-order valence-corrected chi connectivity index (χ1v) is 10.6. The average Bonchev–Trinajstić information content (AvgIpc) is 2.65. The van der Waals surface area contributed by atoms with Gasteiger partial charge in [-0.3, -0.25) is 14.5 Å². The molecule has 1 heterocycles. The molecule has 1 aliphatic heterocycles. The molecule has 1 saturated carbocycles. The van der Waals surface area contributed by atoms with Crippen molar-refractivity contribution in [2.45, 2.75) is 59.4 Å². The molecular formula is C21H42N2O4. The Balaban J connectivity index is 0.00000235. The SMILES string of the molecule is CC.COCCOCCNC(=O)C1CN(C2CCC(C(=O)C(C)C)CC2)C1.[HH]. The summed E-state index contributed by atoms with van der Waals surface area (Å²) in [6.45, 7) is 11.9. The van der Waals surface area contributed by atoms with Crippen molar-refractivity contribution in [1.82, 2.24) is 10.2 Å². The van der Waals surface area contributed by atoms with Crippen LogP contribution in [0.25, 0.3) is 0 Å². The molecule has 0 unspecified atom stereocenters. The van der Waals surface area contributed by atoms with Crippen LogP contribution in [0.5, 0.6) is 0 Å². The highest BCUT2D eigenvalue weighted by Gasteiger charge is 2.38. The smallest absolute Gasteiger partial charge is 0.225 e. The number of carbonyl (C=O) groups is 2. The van der Waals surface area contributed by atoms with Gasteiger partial charge in [0, 0.05) is 46.0 Å². The van der Waals surface area contributed by atoms with Crippen LogP contribution in [0.1, 0.15) is 54.8 Å². The second-order valence-electron chi connectivity index (χ2n) is 7.61. The molecule has 6 nitrogen and oxygen atoms in total. The lowest BCUT2D eigenvalue weighted by Crippen LogP contribution is -2.58. The fraction of sp³-hybridized carbons (Fsp3) is 0.905. The third-order valence-electron chi connectivity index (χ3n) is 5.44. The van der Waals surface area contributed by atoms with Crippen molar-refractivity contribution in [1.29, 1.82) is 0 Å². The van der Waals surface area contributed by atoms with E-state index in [4.69, 9.17) is 9.47 Å². The van der Waals surface area contributed by atoms with Crippen molar-refractivity contribution >= 4 is 11.7 Å². The van der Waals surface area contributed by atoms with Crippen molar-refractivity contribution in [2.24, 2.45) is 17.8 Å². The van der Waals surface area contributed by atoms with Crippen LogP contribution in [0, 0.1) is 17.8 Å². The number of hydrogen-bond donors (Lipinski definition) is 1. The molecule has 0 spiro atoms. The number of rotatable bonds is 10. The number of hydrogen-bond acceptors (Lipinski definition) is 5. The van der Waals surface area contributed by atoms with Crippen molar-refractivity contribution in [3.8, 4) is 0 Å². The molecular weight excluding hydrogens is 344 g/mol. The molecule has 0 radical (unpaired) electrons. The Morgan fingerprint density at radius 3 is 2.22 bits per heavy atom. The number of carbonyl (C=O) groups excluding carboxylic acids is 2. The predicted octanol–water partition coefficient (Wildman–Crippen LogP) is 2.75. The van der Waals surface area contributed by atoms with Crippen molar-refractivity contribution < 1.29 is 20.5 Å². The first kappa shape index (κ1) is 24.1. The molecule has 27 heavy (non-hydrogen) atoms. The lowest BCUT2D eigenvalue weighted by atomic mass is 9.79. The van der Waals surface area contributed by atoms with Gasteiger partial charge in [0.15, 0.2) is 0 Å². The van der Waals surface area contributed by atoms with E-state index < -0.39 is 0 Å². The van der Waals surface area contributed by atoms with Crippen LogP contribution in [0.15, 0.2) is 0 Å². The van der Waals surface area contributed by atoms with E-state index in [0.29, 0.717) is 38.2 Å². The fourth-order valence-corrected chi connectivity index (χ4v) is 3.81. The van der Waals surface area contributed by atoms with E-state index in [1.807, 2.05) is 27.7 Å². The highest BCUT2D eigenvalue weighted by molar-refractivity contribution is 5.82. The van der Waals surface area contributed by atoms with Gasteiger partial charge in [0.2, 0.25) is 5.91 Å². The molecule has 1 aliphatic carbocycles. The fourth-order valence-electron chi connectivity index (χ4n) is 3.81. The monoisotopic (exact) mass is 386 g/mol. The molecule has 0 aromatic carbocycles. The standard InChI is InChI=1S/C19H34N2O4.C2H6.H2/c1-14(2)18(22)15-4-6-17(7-5-15)21-12-16(13-21)19(23)20-8-9-25-11-10-24-3;1-2;/h14-17H,4-13H2,1-3H3,(H,20,23);1-2H3;1H. The summed E-state index contributed by atoms with van der Waals surface area (Å²) in [5, 5.41) is 2.94. The Hall–Kier alpha value is -0.980. The van der Waals surface area contributed by atoms with Gasteiger partial charge in [-0.15, -0.1) is 0 Å². The second kappa shape index (κ2) is 13.2. The molecule has 1 saturated heterocycles. The molecule has 6 heteroatoms. The number of ether oxygens (including phenoxy) is 2. The van der Waals surface area contributed by atoms with Crippen LogP contribution in [0.4, 0.5) is 0 Å². The highest BCUT2D eigenvalue weighted by Crippen LogP contribution is 2.33. The van der Waals surface area contributed by atoms with Crippen molar-refractivity contribution in [3.05, 3.63) is 0 Å². The summed E-state index contributed by atoms with van der Waals surface area (Å²) in [5.74, 6) is 1.07. The largest absolute Gasteiger partial charge is 0.382 e. The third kappa shape index (κ3) is 7.88. The molecule has 160 valence electrons. The zero-order valence-electron chi connectivity index (χ0n) is 18.0. The van der Waals surface area contributed by atoms with Crippen LogP contribution in [0.2, 0.25) is 0 Å². The van der Waals surface area contributed by atoms with Crippen LogP contribution >= 0.6 is 0 Å². The van der Waals surface area contributed by atoms with Crippen LogP contribution in [0.3, 0.4) is 0 Å². The summed E-state index contributed by atoms with van der Waals surface area (Å²) < 4.78 is 10.2. The Morgan fingerprint density at radius 1 is 1.04 bits per heavy atom. The quantitative estimate of drug-likeness (QED) is 0.585.